The summed E-state index contributed by atoms with van der Waals surface area (Å²) in [7, 11) is -4.59. The SMILES string of the molecule is NC(=O)N(C1CCN(C(=O)[CH]Cc2ccc(F)cc2)CC1)S(=O)(=O)c1ccccc1[N+](=O)[O-]. The van der Waals surface area contributed by atoms with Gasteiger partial charge in [-0.1, -0.05) is 24.3 Å². The number of piperidine rings is 1. The summed E-state index contributed by atoms with van der Waals surface area (Å²) in [6, 6.07) is 8.36. The van der Waals surface area contributed by atoms with E-state index in [0.29, 0.717) is 10.7 Å². The molecule has 1 saturated heterocycles. The molecule has 33 heavy (non-hydrogen) atoms. The Balaban J connectivity index is 1.68. The third-order valence-electron chi connectivity index (χ3n) is 5.35. The largest absolute Gasteiger partial charge is 0.351 e. The molecule has 1 radical (unpaired) electrons. The third kappa shape index (κ3) is 5.45. The van der Waals surface area contributed by atoms with Gasteiger partial charge in [-0.3, -0.25) is 14.9 Å². The smallest absolute Gasteiger partial charge is 0.328 e. The van der Waals surface area contributed by atoms with Crippen LogP contribution >= 0.6 is 0 Å². The van der Waals surface area contributed by atoms with Crippen LogP contribution in [-0.2, 0) is 21.2 Å². The number of urea groups is 1. The van der Waals surface area contributed by atoms with Crippen molar-refractivity contribution in [3.63, 3.8) is 0 Å². The molecule has 2 aromatic rings. The van der Waals surface area contributed by atoms with Gasteiger partial charge in [0.2, 0.25) is 5.91 Å². The molecule has 10 nitrogen and oxygen atoms in total. The highest BCUT2D eigenvalue weighted by Gasteiger charge is 2.40. The molecule has 0 saturated carbocycles. The lowest BCUT2D eigenvalue weighted by Gasteiger charge is -2.37. The van der Waals surface area contributed by atoms with E-state index in [9.17, 15) is 32.5 Å². The van der Waals surface area contributed by atoms with Crippen LogP contribution in [0.15, 0.2) is 53.4 Å². The summed E-state index contributed by atoms with van der Waals surface area (Å²) < 4.78 is 39.7. The summed E-state index contributed by atoms with van der Waals surface area (Å²) in [5.74, 6) is -0.646. The van der Waals surface area contributed by atoms with Crippen LogP contribution < -0.4 is 5.73 Å². The topological polar surface area (TPSA) is 144 Å². The van der Waals surface area contributed by atoms with Crippen LogP contribution in [0.5, 0.6) is 0 Å². The molecule has 1 aliphatic rings. The van der Waals surface area contributed by atoms with Crippen molar-refractivity contribution in [3.05, 3.63) is 76.4 Å². The number of amides is 3. The molecule has 3 amide bonds. The lowest BCUT2D eigenvalue weighted by molar-refractivity contribution is -0.387. The minimum Gasteiger partial charge on any atom is -0.351 e. The van der Waals surface area contributed by atoms with Gasteiger partial charge in [0.25, 0.3) is 15.7 Å². The minimum atomic E-state index is -4.59. The second-order valence-electron chi connectivity index (χ2n) is 7.46. The quantitative estimate of drug-likeness (QED) is 0.478. The van der Waals surface area contributed by atoms with Crippen molar-refractivity contribution in [2.24, 2.45) is 5.73 Å². The van der Waals surface area contributed by atoms with Crippen LogP contribution in [0.4, 0.5) is 14.9 Å². The highest BCUT2D eigenvalue weighted by Crippen LogP contribution is 2.30. The van der Waals surface area contributed by atoms with E-state index in [-0.39, 0.29) is 37.7 Å². The third-order valence-corrected chi connectivity index (χ3v) is 7.25. The number of carbonyl (C=O) groups excluding carboxylic acids is 2. The molecule has 1 heterocycles. The molecular formula is C21H22FN4O6S. The fourth-order valence-electron chi connectivity index (χ4n) is 3.70. The Morgan fingerprint density at radius 2 is 1.76 bits per heavy atom. The number of carbonyl (C=O) groups is 2. The van der Waals surface area contributed by atoms with E-state index in [1.165, 1.54) is 35.6 Å². The van der Waals surface area contributed by atoms with Gasteiger partial charge in [0, 0.05) is 19.2 Å². The van der Waals surface area contributed by atoms with Crippen molar-refractivity contribution in [1.82, 2.24) is 9.21 Å². The number of nitro groups is 1. The van der Waals surface area contributed by atoms with Crippen LogP contribution in [0.1, 0.15) is 18.4 Å². The Bertz CT molecular complexity index is 1150. The van der Waals surface area contributed by atoms with E-state index in [4.69, 9.17) is 5.73 Å². The number of primary amides is 1. The van der Waals surface area contributed by atoms with E-state index in [1.807, 2.05) is 0 Å². The van der Waals surface area contributed by atoms with Gasteiger partial charge in [-0.05, 0) is 43.0 Å². The Morgan fingerprint density at radius 1 is 1.15 bits per heavy atom. The van der Waals surface area contributed by atoms with Crippen molar-refractivity contribution < 1.29 is 27.3 Å². The van der Waals surface area contributed by atoms with Gasteiger partial charge in [0.15, 0.2) is 4.90 Å². The summed E-state index contributed by atoms with van der Waals surface area (Å²) in [5, 5.41) is 11.3. The highest BCUT2D eigenvalue weighted by molar-refractivity contribution is 7.89. The fourth-order valence-corrected chi connectivity index (χ4v) is 5.41. The number of sulfonamides is 1. The fraction of sp³-hybridized carbons (Fsp3) is 0.286. The van der Waals surface area contributed by atoms with E-state index in [1.54, 1.807) is 12.1 Å². The predicted molar refractivity (Wildman–Crippen MR) is 116 cm³/mol. The Labute approximate surface area is 190 Å². The number of rotatable bonds is 7. The normalized spacial score (nSPS) is 14.6. The second kappa shape index (κ2) is 9.94. The Morgan fingerprint density at radius 3 is 2.33 bits per heavy atom. The first kappa shape index (κ1) is 24.1. The maximum absolute atomic E-state index is 13.1. The number of para-hydroxylation sites is 1. The van der Waals surface area contributed by atoms with Gasteiger partial charge in [0.05, 0.1) is 17.4 Å². The minimum absolute atomic E-state index is 0.124. The first-order valence-electron chi connectivity index (χ1n) is 10.0. The number of hydrogen-bond acceptors (Lipinski definition) is 6. The Hall–Kier alpha value is -3.54. The molecule has 1 aliphatic heterocycles. The zero-order valence-corrected chi connectivity index (χ0v) is 18.3. The molecule has 12 heteroatoms. The van der Waals surface area contributed by atoms with Crippen molar-refractivity contribution in [2.45, 2.75) is 30.2 Å². The van der Waals surface area contributed by atoms with Crippen LogP contribution in [0.25, 0.3) is 0 Å². The van der Waals surface area contributed by atoms with E-state index >= 15 is 0 Å². The number of nitrogens with zero attached hydrogens (tertiary/aromatic N) is 3. The second-order valence-corrected chi connectivity index (χ2v) is 9.24. The van der Waals surface area contributed by atoms with Gasteiger partial charge in [-0.15, -0.1) is 0 Å². The monoisotopic (exact) mass is 477 g/mol. The van der Waals surface area contributed by atoms with Crippen LogP contribution in [-0.4, -0.2) is 53.6 Å². The van der Waals surface area contributed by atoms with Gasteiger partial charge >= 0.3 is 6.03 Å². The number of likely N-dealkylation sites (tertiary alicyclic amines) is 1. The summed E-state index contributed by atoms with van der Waals surface area (Å²) in [5.41, 5.74) is 5.46. The molecule has 0 spiro atoms. The van der Waals surface area contributed by atoms with Gasteiger partial charge in [-0.25, -0.2) is 21.9 Å². The molecule has 0 unspecified atom stereocenters. The number of nitrogens with two attached hydrogens (primary N) is 1. The van der Waals surface area contributed by atoms with E-state index < -0.39 is 37.6 Å². The van der Waals surface area contributed by atoms with Crippen LogP contribution in [0.3, 0.4) is 0 Å². The lowest BCUT2D eigenvalue weighted by atomic mass is 10.0. The highest BCUT2D eigenvalue weighted by atomic mass is 32.2. The van der Waals surface area contributed by atoms with Crippen molar-refractivity contribution in [3.8, 4) is 0 Å². The number of nitro benzene ring substituents is 1. The summed E-state index contributed by atoms with van der Waals surface area (Å²) >= 11 is 0. The molecule has 1 fully saturated rings. The average molecular weight is 477 g/mol. The van der Waals surface area contributed by atoms with Crippen LogP contribution in [0, 0.1) is 22.4 Å². The molecule has 0 aliphatic carbocycles. The predicted octanol–water partition coefficient (Wildman–Crippen LogP) is 2.24. The standard InChI is InChI=1S/C21H22FN4O6S/c22-16-8-5-15(6-9-16)7-10-20(27)24-13-11-17(12-14-24)25(21(23)28)33(31,32)19-4-2-1-3-18(19)26(29)30/h1-6,8-10,17H,7,11-14H2,(H2,23,28). The molecule has 3 rings (SSSR count). The molecular weight excluding hydrogens is 455 g/mol. The molecule has 2 N–H and O–H groups in total. The Kier molecular flexibility index (Phi) is 7.26. The maximum atomic E-state index is 13.1. The zero-order chi connectivity index (χ0) is 24.2. The lowest BCUT2D eigenvalue weighted by Crippen LogP contribution is -2.52. The van der Waals surface area contributed by atoms with Gasteiger partial charge in [0.1, 0.15) is 5.82 Å². The van der Waals surface area contributed by atoms with Gasteiger partial charge in [-0.2, -0.15) is 0 Å². The van der Waals surface area contributed by atoms with Crippen LogP contribution in [0.2, 0.25) is 0 Å². The summed E-state index contributed by atoms with van der Waals surface area (Å²) in [4.78, 5) is 35.9. The molecule has 0 atom stereocenters. The first-order valence-corrected chi connectivity index (χ1v) is 11.5. The number of halogens is 1. The van der Waals surface area contributed by atoms with E-state index in [0.717, 1.165) is 17.7 Å². The average Bonchev–Trinajstić information content (AvgIpc) is 2.78. The molecule has 0 aromatic heterocycles. The molecule has 0 bridgehead atoms. The molecule has 175 valence electrons. The summed E-state index contributed by atoms with van der Waals surface area (Å²) in [6.07, 6.45) is 2.00. The number of hydrogen-bond donors (Lipinski definition) is 1. The maximum Gasteiger partial charge on any atom is 0.328 e. The zero-order valence-electron chi connectivity index (χ0n) is 17.5. The van der Waals surface area contributed by atoms with Crippen molar-refractivity contribution >= 4 is 27.6 Å². The summed E-state index contributed by atoms with van der Waals surface area (Å²) in [6.45, 7) is 0.333. The van der Waals surface area contributed by atoms with E-state index in [2.05, 4.69) is 0 Å². The van der Waals surface area contributed by atoms with Crippen molar-refractivity contribution in [2.75, 3.05) is 13.1 Å². The first-order chi connectivity index (χ1) is 15.6. The number of benzene rings is 2. The van der Waals surface area contributed by atoms with Crippen molar-refractivity contribution in [1.29, 1.82) is 0 Å². The van der Waals surface area contributed by atoms with Gasteiger partial charge < -0.3 is 10.6 Å². The molecule has 2 aromatic carbocycles.